The van der Waals surface area contributed by atoms with E-state index >= 15 is 0 Å². The number of benzene rings is 2. The van der Waals surface area contributed by atoms with Gasteiger partial charge >= 0.3 is 12.2 Å². The average Bonchev–Trinajstić information content (AvgIpc) is 3.09. The van der Waals surface area contributed by atoms with Crippen molar-refractivity contribution < 1.29 is 27.2 Å². The number of alkyl halides is 3. The van der Waals surface area contributed by atoms with E-state index in [9.17, 15) is 27.2 Å². The van der Waals surface area contributed by atoms with E-state index in [4.69, 9.17) is 5.26 Å². The van der Waals surface area contributed by atoms with Crippen LogP contribution in [0.2, 0.25) is 0 Å². The standard InChI is InChI=1S/C23H18F4N4O2/c1-29-21(32)16-9-8-15(11-18(16)24)31-20-5-3-2-4-19(20)30(22(31)33)14-7-6-13(12-28)17(10-14)23(25,26)27/h3,5-11,19-20H,2,4H2,1H3,(H,29,32)/t19-,20-/m1/s1. The zero-order valence-electron chi connectivity index (χ0n) is 17.4. The van der Waals surface area contributed by atoms with E-state index in [1.54, 1.807) is 6.08 Å². The first-order chi connectivity index (χ1) is 15.7. The summed E-state index contributed by atoms with van der Waals surface area (Å²) >= 11 is 0. The van der Waals surface area contributed by atoms with Crippen LogP contribution in [0.5, 0.6) is 0 Å². The van der Waals surface area contributed by atoms with Crippen molar-refractivity contribution in [2.75, 3.05) is 16.8 Å². The van der Waals surface area contributed by atoms with Crippen molar-refractivity contribution in [1.82, 2.24) is 5.32 Å². The number of nitriles is 1. The van der Waals surface area contributed by atoms with Gasteiger partial charge in [0.2, 0.25) is 0 Å². The third-order valence-corrected chi connectivity index (χ3v) is 5.81. The van der Waals surface area contributed by atoms with E-state index in [1.807, 2.05) is 6.08 Å². The number of amides is 3. The average molecular weight is 458 g/mol. The quantitative estimate of drug-likeness (QED) is 0.539. The molecule has 33 heavy (non-hydrogen) atoms. The van der Waals surface area contributed by atoms with Crippen molar-refractivity contribution in [3.8, 4) is 6.07 Å². The Labute approximate surface area is 186 Å². The monoisotopic (exact) mass is 458 g/mol. The molecule has 6 nitrogen and oxygen atoms in total. The van der Waals surface area contributed by atoms with Crippen molar-refractivity contribution in [2.45, 2.75) is 31.1 Å². The molecule has 4 rings (SSSR count). The lowest BCUT2D eigenvalue weighted by Crippen LogP contribution is -2.38. The van der Waals surface area contributed by atoms with Crippen LogP contribution >= 0.6 is 0 Å². The van der Waals surface area contributed by atoms with Crippen LogP contribution in [-0.2, 0) is 6.18 Å². The van der Waals surface area contributed by atoms with E-state index in [-0.39, 0.29) is 16.9 Å². The van der Waals surface area contributed by atoms with Crippen LogP contribution in [0.15, 0.2) is 48.6 Å². The molecular formula is C23H18F4N4O2. The van der Waals surface area contributed by atoms with E-state index in [1.165, 1.54) is 41.1 Å². The molecule has 0 spiro atoms. The molecule has 2 aliphatic rings. The fraction of sp³-hybridized carbons (Fsp3) is 0.261. The number of hydrogen-bond donors (Lipinski definition) is 1. The summed E-state index contributed by atoms with van der Waals surface area (Å²) in [5, 5.41) is 11.4. The Bertz CT molecular complexity index is 1200. The van der Waals surface area contributed by atoms with Gasteiger partial charge in [-0.05, 0) is 49.2 Å². The van der Waals surface area contributed by atoms with Gasteiger partial charge in [0, 0.05) is 18.4 Å². The van der Waals surface area contributed by atoms with E-state index in [0.717, 1.165) is 18.2 Å². The maximum absolute atomic E-state index is 14.6. The van der Waals surface area contributed by atoms with Gasteiger partial charge in [0.05, 0.1) is 34.8 Å². The highest BCUT2D eigenvalue weighted by atomic mass is 19.4. The van der Waals surface area contributed by atoms with Gasteiger partial charge in [0.15, 0.2) is 0 Å². The predicted molar refractivity (Wildman–Crippen MR) is 112 cm³/mol. The highest BCUT2D eigenvalue weighted by Gasteiger charge is 2.47. The number of allylic oxidation sites excluding steroid dienone is 1. The number of carbonyl (C=O) groups is 2. The zero-order valence-corrected chi connectivity index (χ0v) is 17.4. The fourth-order valence-corrected chi connectivity index (χ4v) is 4.30. The van der Waals surface area contributed by atoms with Crippen LogP contribution in [0.1, 0.15) is 34.3 Å². The molecule has 0 bridgehead atoms. The molecule has 0 unspecified atom stereocenters. The SMILES string of the molecule is CNC(=O)c1ccc(N2C(=O)N(c3ccc(C#N)c(C(F)(F)F)c3)[C@@H]3CCC=C[C@H]32)cc1F. The maximum Gasteiger partial charge on any atom is 0.417 e. The third kappa shape index (κ3) is 3.80. The van der Waals surface area contributed by atoms with Gasteiger partial charge < -0.3 is 5.32 Å². The summed E-state index contributed by atoms with van der Waals surface area (Å²) in [6.07, 6.45) is -0.0337. The minimum atomic E-state index is -4.77. The normalized spacial score (nSPS) is 19.9. The lowest BCUT2D eigenvalue weighted by Gasteiger charge is -2.28. The molecule has 1 heterocycles. The smallest absolute Gasteiger partial charge is 0.355 e. The molecule has 1 fully saturated rings. The second-order valence-electron chi connectivity index (χ2n) is 7.67. The third-order valence-electron chi connectivity index (χ3n) is 5.81. The topological polar surface area (TPSA) is 76.4 Å². The highest BCUT2D eigenvalue weighted by Crippen LogP contribution is 2.40. The Morgan fingerprint density at radius 3 is 2.48 bits per heavy atom. The van der Waals surface area contributed by atoms with Gasteiger partial charge in [-0.3, -0.25) is 14.6 Å². The Hall–Kier alpha value is -3.87. The number of urea groups is 1. The molecule has 0 radical (unpaired) electrons. The van der Waals surface area contributed by atoms with Gasteiger partial charge in [-0.2, -0.15) is 18.4 Å². The van der Waals surface area contributed by atoms with E-state index in [2.05, 4.69) is 5.32 Å². The maximum atomic E-state index is 14.6. The number of anilines is 2. The molecule has 3 amide bonds. The predicted octanol–water partition coefficient (Wildman–Crippen LogP) is 4.61. The van der Waals surface area contributed by atoms with Crippen molar-refractivity contribution in [1.29, 1.82) is 5.26 Å². The number of nitrogens with zero attached hydrogens (tertiary/aromatic N) is 3. The Morgan fingerprint density at radius 2 is 1.85 bits per heavy atom. The Kier molecular flexibility index (Phi) is 5.57. The molecule has 1 N–H and O–H groups in total. The summed E-state index contributed by atoms with van der Waals surface area (Å²) < 4.78 is 55.1. The van der Waals surface area contributed by atoms with Gasteiger partial charge in [-0.25, -0.2) is 9.18 Å². The first-order valence-corrected chi connectivity index (χ1v) is 10.1. The second-order valence-corrected chi connectivity index (χ2v) is 7.67. The van der Waals surface area contributed by atoms with Gasteiger partial charge in [-0.15, -0.1) is 0 Å². The molecular weight excluding hydrogens is 440 g/mol. The number of fused-ring (bicyclic) bond motifs is 1. The summed E-state index contributed by atoms with van der Waals surface area (Å²) in [6, 6.07) is 6.76. The zero-order chi connectivity index (χ0) is 23.9. The molecule has 0 aromatic heterocycles. The molecule has 2 aromatic carbocycles. The first kappa shape index (κ1) is 22.3. The molecule has 1 aliphatic carbocycles. The summed E-state index contributed by atoms with van der Waals surface area (Å²) in [5.74, 6) is -1.45. The van der Waals surface area contributed by atoms with Crippen LogP contribution in [0.4, 0.5) is 33.7 Å². The van der Waals surface area contributed by atoms with Gasteiger partial charge in [0.25, 0.3) is 5.91 Å². The highest BCUT2D eigenvalue weighted by molar-refractivity contribution is 6.08. The summed E-state index contributed by atoms with van der Waals surface area (Å²) in [5.41, 5.74) is -1.68. The number of nitrogens with one attached hydrogen (secondary N) is 1. The fourth-order valence-electron chi connectivity index (χ4n) is 4.30. The Morgan fingerprint density at radius 1 is 1.15 bits per heavy atom. The lowest BCUT2D eigenvalue weighted by molar-refractivity contribution is -0.137. The summed E-state index contributed by atoms with van der Waals surface area (Å²) in [7, 11) is 1.36. The van der Waals surface area contributed by atoms with Crippen molar-refractivity contribution in [3.63, 3.8) is 0 Å². The Balaban J connectivity index is 1.79. The molecule has 10 heteroatoms. The molecule has 170 valence electrons. The number of carbonyl (C=O) groups excluding carboxylic acids is 2. The van der Waals surface area contributed by atoms with Crippen molar-refractivity contribution in [3.05, 3.63) is 71.1 Å². The van der Waals surface area contributed by atoms with Crippen LogP contribution in [0, 0.1) is 17.1 Å². The summed E-state index contributed by atoms with van der Waals surface area (Å²) in [6.45, 7) is 0. The van der Waals surface area contributed by atoms with E-state index < -0.39 is 47.1 Å². The van der Waals surface area contributed by atoms with Gasteiger partial charge in [-0.1, -0.05) is 12.2 Å². The molecule has 2 atom stereocenters. The van der Waals surface area contributed by atoms with Crippen molar-refractivity contribution in [2.24, 2.45) is 0 Å². The number of halogens is 4. The van der Waals surface area contributed by atoms with E-state index in [0.29, 0.717) is 12.8 Å². The molecule has 2 aromatic rings. The van der Waals surface area contributed by atoms with Crippen LogP contribution in [0.3, 0.4) is 0 Å². The van der Waals surface area contributed by atoms with Crippen molar-refractivity contribution >= 4 is 23.3 Å². The second kappa shape index (κ2) is 8.24. The summed E-state index contributed by atoms with van der Waals surface area (Å²) in [4.78, 5) is 27.8. The number of hydrogen-bond acceptors (Lipinski definition) is 3. The van der Waals surface area contributed by atoms with Crippen LogP contribution in [0.25, 0.3) is 0 Å². The number of rotatable bonds is 3. The largest absolute Gasteiger partial charge is 0.417 e. The van der Waals surface area contributed by atoms with Crippen LogP contribution < -0.4 is 15.1 Å². The molecule has 0 saturated carbocycles. The molecule has 1 aliphatic heterocycles. The lowest BCUT2D eigenvalue weighted by atomic mass is 9.95. The minimum absolute atomic E-state index is 0.00146. The first-order valence-electron chi connectivity index (χ1n) is 10.1. The van der Waals surface area contributed by atoms with Crippen LogP contribution in [-0.4, -0.2) is 31.1 Å². The van der Waals surface area contributed by atoms with Gasteiger partial charge in [0.1, 0.15) is 5.82 Å². The molecule has 1 saturated heterocycles. The minimum Gasteiger partial charge on any atom is -0.355 e.